The minimum absolute atomic E-state index is 0.186. The molecule has 1 amide bonds. The van der Waals surface area contributed by atoms with Crippen LogP contribution in [0, 0.1) is 24.7 Å². The molecule has 6 nitrogen and oxygen atoms in total. The highest BCUT2D eigenvalue weighted by Crippen LogP contribution is 2.38. The largest absolute Gasteiger partial charge is 0.481 e. The van der Waals surface area contributed by atoms with Gasteiger partial charge in [0.05, 0.1) is 24.1 Å². The summed E-state index contributed by atoms with van der Waals surface area (Å²) < 4.78 is 0. The van der Waals surface area contributed by atoms with E-state index in [0.717, 1.165) is 12.1 Å². The normalized spacial score (nSPS) is 24.8. The fourth-order valence-electron chi connectivity index (χ4n) is 2.95. The van der Waals surface area contributed by atoms with Crippen LogP contribution in [0.2, 0.25) is 0 Å². The van der Waals surface area contributed by atoms with Gasteiger partial charge in [0.15, 0.2) is 0 Å². The van der Waals surface area contributed by atoms with Gasteiger partial charge in [-0.05, 0) is 31.7 Å². The van der Waals surface area contributed by atoms with E-state index < -0.39 is 17.8 Å². The number of carboxylic acids is 1. The molecule has 0 aromatic carbocycles. The van der Waals surface area contributed by atoms with Crippen molar-refractivity contribution in [2.45, 2.75) is 39.7 Å². The first-order chi connectivity index (χ1) is 10.0. The van der Waals surface area contributed by atoms with E-state index in [1.165, 1.54) is 0 Å². The first-order valence-electron chi connectivity index (χ1n) is 7.30. The molecule has 3 unspecified atom stereocenters. The monoisotopic (exact) mass is 291 g/mol. The Labute approximate surface area is 124 Å². The van der Waals surface area contributed by atoms with Crippen molar-refractivity contribution in [1.29, 1.82) is 0 Å². The van der Waals surface area contributed by atoms with Crippen molar-refractivity contribution in [2.75, 3.05) is 0 Å². The summed E-state index contributed by atoms with van der Waals surface area (Å²) in [7, 11) is 0. The number of carbonyl (C=O) groups excluding carboxylic acids is 1. The predicted octanol–water partition coefficient (Wildman–Crippen LogP) is 1.54. The Morgan fingerprint density at radius 2 is 2.10 bits per heavy atom. The van der Waals surface area contributed by atoms with Crippen molar-refractivity contribution in [3.8, 4) is 0 Å². The Morgan fingerprint density at radius 1 is 1.38 bits per heavy atom. The molecule has 1 heterocycles. The van der Waals surface area contributed by atoms with Crippen LogP contribution in [-0.4, -0.2) is 27.0 Å². The predicted molar refractivity (Wildman–Crippen MR) is 76.2 cm³/mol. The zero-order valence-electron chi connectivity index (χ0n) is 12.4. The second-order valence-electron chi connectivity index (χ2n) is 5.61. The first kappa shape index (κ1) is 15.4. The number of amides is 1. The molecule has 114 valence electrons. The van der Waals surface area contributed by atoms with Gasteiger partial charge in [0.25, 0.3) is 0 Å². The second kappa shape index (κ2) is 6.65. The Morgan fingerprint density at radius 3 is 2.71 bits per heavy atom. The average Bonchev–Trinajstić information content (AvgIpc) is 2.89. The van der Waals surface area contributed by atoms with Crippen LogP contribution in [0.25, 0.3) is 0 Å². The molecular weight excluding hydrogens is 270 g/mol. The summed E-state index contributed by atoms with van der Waals surface area (Å²) in [5, 5.41) is 12.1. The summed E-state index contributed by atoms with van der Waals surface area (Å²) in [4.78, 5) is 31.8. The standard InChI is InChI=1S/C15H21N3O3/c1-3-10-6-12(13(7-10)15(20)21)14(19)17-8-11-4-5-16-9(2)18-11/h4-5,10,12-13H,3,6-8H2,1-2H3,(H,17,19)(H,20,21). The summed E-state index contributed by atoms with van der Waals surface area (Å²) in [6.07, 6.45) is 3.81. The average molecular weight is 291 g/mol. The van der Waals surface area contributed by atoms with E-state index in [1.54, 1.807) is 19.2 Å². The van der Waals surface area contributed by atoms with Crippen LogP contribution in [0.1, 0.15) is 37.7 Å². The van der Waals surface area contributed by atoms with Crippen LogP contribution in [-0.2, 0) is 16.1 Å². The minimum atomic E-state index is -0.871. The van der Waals surface area contributed by atoms with E-state index >= 15 is 0 Å². The SMILES string of the molecule is CCC1CC(C(=O)O)C(C(=O)NCc2ccnc(C)n2)C1. The van der Waals surface area contributed by atoms with Gasteiger partial charge in [-0.2, -0.15) is 0 Å². The number of aliphatic carboxylic acids is 1. The maximum atomic E-state index is 12.3. The molecule has 2 rings (SSSR count). The summed E-state index contributed by atoms with van der Waals surface area (Å²) in [6.45, 7) is 4.13. The van der Waals surface area contributed by atoms with Gasteiger partial charge in [-0.25, -0.2) is 9.97 Å². The van der Waals surface area contributed by atoms with E-state index in [9.17, 15) is 14.7 Å². The van der Waals surface area contributed by atoms with Crippen molar-refractivity contribution in [1.82, 2.24) is 15.3 Å². The van der Waals surface area contributed by atoms with Crippen molar-refractivity contribution in [3.05, 3.63) is 23.8 Å². The first-order valence-corrected chi connectivity index (χ1v) is 7.30. The molecule has 1 fully saturated rings. The van der Waals surface area contributed by atoms with Crippen molar-refractivity contribution in [3.63, 3.8) is 0 Å². The molecule has 3 atom stereocenters. The lowest BCUT2D eigenvalue weighted by Crippen LogP contribution is -2.35. The van der Waals surface area contributed by atoms with Gasteiger partial charge in [0.2, 0.25) is 5.91 Å². The number of nitrogens with one attached hydrogen (secondary N) is 1. The van der Waals surface area contributed by atoms with Crippen LogP contribution >= 0.6 is 0 Å². The van der Waals surface area contributed by atoms with Gasteiger partial charge in [0.1, 0.15) is 5.82 Å². The third-order valence-corrected chi connectivity index (χ3v) is 4.17. The molecule has 1 aromatic rings. The van der Waals surface area contributed by atoms with Gasteiger partial charge in [-0.1, -0.05) is 13.3 Å². The summed E-state index contributed by atoms with van der Waals surface area (Å²) in [6, 6.07) is 1.74. The molecular formula is C15H21N3O3. The molecule has 2 N–H and O–H groups in total. The van der Waals surface area contributed by atoms with Gasteiger partial charge in [0, 0.05) is 6.20 Å². The van der Waals surface area contributed by atoms with Crippen molar-refractivity contribution >= 4 is 11.9 Å². The van der Waals surface area contributed by atoms with E-state index in [0.29, 0.717) is 31.1 Å². The van der Waals surface area contributed by atoms with Crippen LogP contribution in [0.4, 0.5) is 0 Å². The summed E-state index contributed by atoms with van der Waals surface area (Å²) >= 11 is 0. The second-order valence-corrected chi connectivity index (χ2v) is 5.61. The molecule has 0 aliphatic heterocycles. The van der Waals surface area contributed by atoms with E-state index in [4.69, 9.17) is 0 Å². The van der Waals surface area contributed by atoms with Crippen molar-refractivity contribution < 1.29 is 14.7 Å². The highest BCUT2D eigenvalue weighted by atomic mass is 16.4. The molecule has 0 spiro atoms. The number of hydrogen-bond donors (Lipinski definition) is 2. The maximum Gasteiger partial charge on any atom is 0.307 e. The van der Waals surface area contributed by atoms with Gasteiger partial charge < -0.3 is 10.4 Å². The van der Waals surface area contributed by atoms with E-state index in [-0.39, 0.29) is 5.91 Å². The lowest BCUT2D eigenvalue weighted by Gasteiger charge is -2.15. The molecule has 21 heavy (non-hydrogen) atoms. The Hall–Kier alpha value is -1.98. The van der Waals surface area contributed by atoms with Crippen LogP contribution < -0.4 is 5.32 Å². The third kappa shape index (κ3) is 3.77. The van der Waals surface area contributed by atoms with Crippen LogP contribution in [0.5, 0.6) is 0 Å². The van der Waals surface area contributed by atoms with Crippen molar-refractivity contribution in [2.24, 2.45) is 17.8 Å². The van der Waals surface area contributed by atoms with E-state index in [1.807, 2.05) is 6.92 Å². The highest BCUT2D eigenvalue weighted by Gasteiger charge is 2.41. The highest BCUT2D eigenvalue weighted by molar-refractivity contribution is 5.85. The Balaban J connectivity index is 1.97. The quantitative estimate of drug-likeness (QED) is 0.858. The Bertz CT molecular complexity index is 533. The number of carbonyl (C=O) groups is 2. The number of aryl methyl sites for hydroxylation is 1. The molecule has 1 aromatic heterocycles. The zero-order valence-corrected chi connectivity index (χ0v) is 12.4. The third-order valence-electron chi connectivity index (χ3n) is 4.17. The number of hydrogen-bond acceptors (Lipinski definition) is 4. The summed E-state index contributed by atoms with van der Waals surface area (Å²) in [5.41, 5.74) is 0.729. The Kier molecular flexibility index (Phi) is 4.88. The number of rotatable bonds is 5. The topological polar surface area (TPSA) is 92.2 Å². The fourth-order valence-corrected chi connectivity index (χ4v) is 2.95. The number of nitrogens with zero attached hydrogens (tertiary/aromatic N) is 2. The smallest absolute Gasteiger partial charge is 0.307 e. The van der Waals surface area contributed by atoms with Crippen LogP contribution in [0.15, 0.2) is 12.3 Å². The maximum absolute atomic E-state index is 12.3. The van der Waals surface area contributed by atoms with Gasteiger partial charge in [-0.3, -0.25) is 9.59 Å². The lowest BCUT2D eigenvalue weighted by atomic mass is 9.95. The van der Waals surface area contributed by atoms with Gasteiger partial charge in [-0.15, -0.1) is 0 Å². The zero-order chi connectivity index (χ0) is 15.4. The molecule has 0 bridgehead atoms. The molecule has 6 heteroatoms. The van der Waals surface area contributed by atoms with E-state index in [2.05, 4.69) is 15.3 Å². The molecule has 0 saturated heterocycles. The molecule has 0 radical (unpaired) electrons. The molecule has 1 aliphatic carbocycles. The minimum Gasteiger partial charge on any atom is -0.481 e. The number of carboxylic acid groups (broad SMARTS) is 1. The lowest BCUT2D eigenvalue weighted by molar-refractivity contribution is -0.146. The van der Waals surface area contributed by atoms with Gasteiger partial charge >= 0.3 is 5.97 Å². The van der Waals surface area contributed by atoms with Crippen LogP contribution in [0.3, 0.4) is 0 Å². The molecule has 1 saturated carbocycles. The number of aromatic nitrogens is 2. The summed E-state index contributed by atoms with van der Waals surface area (Å²) in [5.74, 6) is -1.09. The molecule has 1 aliphatic rings. The fraction of sp³-hybridized carbons (Fsp3) is 0.600.